The molecule has 0 aliphatic carbocycles. The largest absolute Gasteiger partial charge is 0.478 e. The van der Waals surface area contributed by atoms with Crippen molar-refractivity contribution in [3.63, 3.8) is 0 Å². The molecule has 1 amide bonds. The Balaban J connectivity index is 1.51. The third-order valence-corrected chi connectivity index (χ3v) is 5.56. The van der Waals surface area contributed by atoms with Crippen molar-refractivity contribution in [3.05, 3.63) is 66.1 Å². The highest BCUT2D eigenvalue weighted by Crippen LogP contribution is 2.26. The average molecular weight is 464 g/mol. The Bertz CT molecular complexity index is 1190. The number of anilines is 1. The van der Waals surface area contributed by atoms with Crippen LogP contribution < -0.4 is 4.90 Å². The number of hydrogen-bond acceptors (Lipinski definition) is 6. The molecule has 8 nitrogen and oxygen atoms in total. The number of furan rings is 1. The lowest BCUT2D eigenvalue weighted by molar-refractivity contribution is -0.131. The first kappa shape index (κ1) is 23.5. The van der Waals surface area contributed by atoms with Crippen molar-refractivity contribution < 1.29 is 23.8 Å². The first-order chi connectivity index (χ1) is 16.2. The number of carboxylic acid groups (broad SMARTS) is 1. The van der Waals surface area contributed by atoms with Gasteiger partial charge in [-0.15, -0.1) is 0 Å². The molecule has 178 valence electrons. The van der Waals surface area contributed by atoms with E-state index in [9.17, 15) is 9.59 Å². The topological polar surface area (TPSA) is 96.1 Å². The van der Waals surface area contributed by atoms with Gasteiger partial charge in [0.15, 0.2) is 0 Å². The second kappa shape index (κ2) is 9.69. The molecule has 1 fully saturated rings. The summed E-state index contributed by atoms with van der Waals surface area (Å²) in [5.41, 5.74) is 2.05. The summed E-state index contributed by atoms with van der Waals surface area (Å²) < 4.78 is 11.1. The molecule has 1 atom stereocenters. The number of amides is 1. The summed E-state index contributed by atoms with van der Waals surface area (Å²) in [6, 6.07) is 11.5. The molecule has 34 heavy (non-hydrogen) atoms. The van der Waals surface area contributed by atoms with Gasteiger partial charge in [-0.2, -0.15) is 0 Å². The van der Waals surface area contributed by atoms with E-state index in [0.717, 1.165) is 36.6 Å². The Morgan fingerprint density at radius 3 is 2.79 bits per heavy atom. The number of aliphatic carboxylic acids is 1. The van der Waals surface area contributed by atoms with Crippen molar-refractivity contribution in [2.24, 2.45) is 0 Å². The molecule has 3 aromatic rings. The van der Waals surface area contributed by atoms with Gasteiger partial charge in [-0.1, -0.05) is 6.07 Å². The van der Waals surface area contributed by atoms with Crippen molar-refractivity contribution in [2.45, 2.75) is 45.4 Å². The van der Waals surface area contributed by atoms with Crippen molar-refractivity contribution in [2.75, 3.05) is 18.0 Å². The molecular weight excluding hydrogens is 434 g/mol. The monoisotopic (exact) mass is 463 g/mol. The van der Waals surface area contributed by atoms with Crippen LogP contribution in [0.3, 0.4) is 0 Å². The fourth-order valence-electron chi connectivity index (χ4n) is 4.09. The van der Waals surface area contributed by atoms with E-state index in [0.29, 0.717) is 17.9 Å². The fourth-order valence-corrected chi connectivity index (χ4v) is 4.09. The van der Waals surface area contributed by atoms with Crippen molar-refractivity contribution in [3.8, 4) is 0 Å². The second-order valence-electron chi connectivity index (χ2n) is 9.44. The number of benzene rings is 1. The Morgan fingerprint density at radius 1 is 1.26 bits per heavy atom. The molecule has 1 aromatic carbocycles. The Kier molecular flexibility index (Phi) is 6.70. The summed E-state index contributed by atoms with van der Waals surface area (Å²) in [5, 5.41) is 9.90. The third-order valence-electron chi connectivity index (χ3n) is 5.56. The molecule has 0 bridgehead atoms. The lowest BCUT2D eigenvalue weighted by Gasteiger charge is -2.31. The summed E-state index contributed by atoms with van der Waals surface area (Å²) in [4.78, 5) is 32.3. The Hall–Kier alpha value is -3.65. The minimum atomic E-state index is -1.03. The molecule has 0 unspecified atom stereocenters. The molecular formula is C26H29N3O5. The zero-order valence-electron chi connectivity index (χ0n) is 19.6. The number of carboxylic acids is 1. The molecule has 1 aliphatic heterocycles. The number of likely N-dealkylation sites (tertiary alicyclic amines) is 1. The summed E-state index contributed by atoms with van der Waals surface area (Å²) in [6.45, 7) is 7.81. The maximum atomic E-state index is 13.2. The number of pyridine rings is 1. The standard InChI is InChI=1S/C26H29N3O5/c1-26(2,3)34-25(32)29(23-8-5-18(15-27-23)6-9-24(30)31)21-10-12-28(17-21)16-19-4-7-22-20(14-19)11-13-33-22/h4-9,11,13-15,21H,10,12,16-17H2,1-3H3,(H,30,31)/t21-/m1/s1. The minimum absolute atomic E-state index is 0.0968. The highest BCUT2D eigenvalue weighted by Gasteiger charge is 2.35. The van der Waals surface area contributed by atoms with Gasteiger partial charge in [0.2, 0.25) is 0 Å². The highest BCUT2D eigenvalue weighted by molar-refractivity contribution is 5.88. The van der Waals surface area contributed by atoms with Crippen molar-refractivity contribution in [1.29, 1.82) is 0 Å². The quantitative estimate of drug-likeness (QED) is 0.517. The number of rotatable bonds is 6. The van der Waals surface area contributed by atoms with Crippen molar-refractivity contribution >= 4 is 34.9 Å². The fraction of sp³-hybridized carbons (Fsp3) is 0.346. The minimum Gasteiger partial charge on any atom is -0.478 e. The van der Waals surface area contributed by atoms with Gasteiger partial charge >= 0.3 is 12.1 Å². The van der Waals surface area contributed by atoms with Gasteiger partial charge in [-0.3, -0.25) is 9.80 Å². The van der Waals surface area contributed by atoms with E-state index in [-0.39, 0.29) is 6.04 Å². The molecule has 1 aliphatic rings. The molecule has 3 heterocycles. The van der Waals surface area contributed by atoms with Gasteiger partial charge in [0.25, 0.3) is 0 Å². The molecule has 8 heteroatoms. The lowest BCUT2D eigenvalue weighted by Crippen LogP contribution is -2.45. The predicted octanol–water partition coefficient (Wildman–Crippen LogP) is 4.94. The maximum Gasteiger partial charge on any atom is 0.416 e. The number of fused-ring (bicyclic) bond motifs is 1. The molecule has 1 saturated heterocycles. The van der Waals surface area contributed by atoms with Crippen LogP contribution in [0.15, 0.2) is 59.4 Å². The summed E-state index contributed by atoms with van der Waals surface area (Å²) >= 11 is 0. The average Bonchev–Trinajstić information content (AvgIpc) is 3.41. The van der Waals surface area contributed by atoms with Crippen molar-refractivity contribution in [1.82, 2.24) is 9.88 Å². The number of carbonyl (C=O) groups is 2. The third kappa shape index (κ3) is 5.82. The van der Waals surface area contributed by atoms with Gasteiger partial charge < -0.3 is 14.3 Å². The van der Waals surface area contributed by atoms with Gasteiger partial charge in [0, 0.05) is 37.3 Å². The van der Waals surface area contributed by atoms with Crippen LogP contribution in [0.5, 0.6) is 0 Å². The van der Waals surface area contributed by atoms with Crippen LogP contribution in [0.1, 0.15) is 38.3 Å². The molecule has 4 rings (SSSR count). The predicted molar refractivity (Wildman–Crippen MR) is 130 cm³/mol. The number of carbonyl (C=O) groups excluding carboxylic acids is 1. The van der Waals surface area contributed by atoms with Gasteiger partial charge in [0.1, 0.15) is 17.0 Å². The SMILES string of the molecule is CC(C)(C)OC(=O)N(c1ccc(C=CC(=O)O)cn1)[C@@H]1CCN(Cc2ccc3occc3c2)C1. The van der Waals surface area contributed by atoms with E-state index in [1.165, 1.54) is 11.6 Å². The number of ether oxygens (including phenoxy) is 1. The number of nitrogens with zero attached hydrogens (tertiary/aromatic N) is 3. The smallest absolute Gasteiger partial charge is 0.416 e. The first-order valence-electron chi connectivity index (χ1n) is 11.3. The number of hydrogen-bond donors (Lipinski definition) is 1. The molecule has 0 radical (unpaired) electrons. The van der Waals surface area contributed by atoms with Gasteiger partial charge in [0.05, 0.1) is 12.3 Å². The first-order valence-corrected chi connectivity index (χ1v) is 11.3. The summed E-state index contributed by atoms with van der Waals surface area (Å²) in [6.07, 6.45) is 6.10. The second-order valence-corrected chi connectivity index (χ2v) is 9.44. The zero-order valence-corrected chi connectivity index (χ0v) is 19.6. The van der Waals surface area contributed by atoms with Gasteiger partial charge in [-0.05, 0) is 74.7 Å². The Morgan fingerprint density at radius 2 is 2.09 bits per heavy atom. The lowest BCUT2D eigenvalue weighted by atomic mass is 10.1. The maximum absolute atomic E-state index is 13.2. The Labute approximate surface area is 198 Å². The summed E-state index contributed by atoms with van der Waals surface area (Å²) in [5.74, 6) is -0.550. The highest BCUT2D eigenvalue weighted by atomic mass is 16.6. The van der Waals surface area contributed by atoms with Crippen LogP contribution in [-0.4, -0.2) is 51.8 Å². The van der Waals surface area contributed by atoms with Crippen LogP contribution in [0.25, 0.3) is 17.0 Å². The van der Waals surface area contributed by atoms with E-state index in [2.05, 4.69) is 22.0 Å². The number of aromatic nitrogens is 1. The zero-order chi connectivity index (χ0) is 24.3. The normalized spacial score (nSPS) is 16.9. The van der Waals surface area contributed by atoms with Crippen LogP contribution in [-0.2, 0) is 16.1 Å². The molecule has 0 saturated carbocycles. The summed E-state index contributed by atoms with van der Waals surface area (Å²) in [7, 11) is 0. The molecule has 0 spiro atoms. The van der Waals surface area contributed by atoms with Crippen LogP contribution in [0.4, 0.5) is 10.6 Å². The van der Waals surface area contributed by atoms with Crippen LogP contribution >= 0.6 is 0 Å². The molecule has 2 aromatic heterocycles. The van der Waals surface area contributed by atoms with E-state index < -0.39 is 17.7 Å². The van der Waals surface area contributed by atoms with Crippen LogP contribution in [0.2, 0.25) is 0 Å². The van der Waals surface area contributed by atoms with E-state index in [1.807, 2.05) is 32.9 Å². The molecule has 1 N–H and O–H groups in total. The van der Waals surface area contributed by atoms with Crippen LogP contribution in [0, 0.1) is 0 Å². The van der Waals surface area contributed by atoms with E-state index in [1.54, 1.807) is 29.5 Å². The van der Waals surface area contributed by atoms with Gasteiger partial charge in [-0.25, -0.2) is 14.6 Å². The van der Waals surface area contributed by atoms with E-state index >= 15 is 0 Å². The van der Waals surface area contributed by atoms with E-state index in [4.69, 9.17) is 14.3 Å².